The number of carbonyl (C=O) groups is 2. The minimum absolute atomic E-state index is 0.0373. The van der Waals surface area contributed by atoms with Crippen LogP contribution in [0.2, 0.25) is 0 Å². The Morgan fingerprint density at radius 1 is 0.931 bits per heavy atom. The van der Waals surface area contributed by atoms with Gasteiger partial charge in [-0.25, -0.2) is 0 Å². The molecule has 0 spiro atoms. The first-order valence-electron chi connectivity index (χ1n) is 9.49. The van der Waals surface area contributed by atoms with Crippen molar-refractivity contribution in [2.45, 2.75) is 26.8 Å². The van der Waals surface area contributed by atoms with Crippen molar-refractivity contribution >= 4 is 11.9 Å². The van der Waals surface area contributed by atoms with Crippen molar-refractivity contribution in [3.05, 3.63) is 53.6 Å². The van der Waals surface area contributed by atoms with Gasteiger partial charge in [0.15, 0.2) is 18.1 Å². The molecule has 1 amide bonds. The summed E-state index contributed by atoms with van der Waals surface area (Å²) in [6.45, 7) is 4.76. The number of esters is 1. The van der Waals surface area contributed by atoms with E-state index in [2.05, 4.69) is 5.32 Å². The first-order valence-corrected chi connectivity index (χ1v) is 9.49. The van der Waals surface area contributed by atoms with Crippen LogP contribution in [0.15, 0.2) is 42.5 Å². The van der Waals surface area contributed by atoms with E-state index in [0.29, 0.717) is 37.0 Å². The van der Waals surface area contributed by atoms with E-state index in [0.717, 1.165) is 11.1 Å². The highest BCUT2D eigenvalue weighted by Gasteiger charge is 2.12. The number of rotatable bonds is 11. The van der Waals surface area contributed by atoms with E-state index in [1.54, 1.807) is 25.3 Å². The molecule has 0 unspecified atom stereocenters. The monoisotopic (exact) mass is 401 g/mol. The minimum atomic E-state index is -0.492. The van der Waals surface area contributed by atoms with Gasteiger partial charge in [-0.3, -0.25) is 9.59 Å². The summed E-state index contributed by atoms with van der Waals surface area (Å²) in [5.41, 5.74) is 1.61. The third-order valence-corrected chi connectivity index (χ3v) is 3.94. The summed E-state index contributed by atoms with van der Waals surface area (Å²) in [6.07, 6.45) is 0.0373. The normalized spacial score (nSPS) is 10.2. The Balaban J connectivity index is 1.81. The van der Waals surface area contributed by atoms with Gasteiger partial charge in [-0.15, -0.1) is 0 Å². The third kappa shape index (κ3) is 7.37. The smallest absolute Gasteiger partial charge is 0.310 e. The van der Waals surface area contributed by atoms with Crippen molar-refractivity contribution < 1.29 is 28.5 Å². The van der Waals surface area contributed by atoms with Gasteiger partial charge in [0, 0.05) is 6.54 Å². The number of nitrogens with one attached hydrogen (secondary N) is 1. The van der Waals surface area contributed by atoms with Crippen molar-refractivity contribution in [1.29, 1.82) is 0 Å². The molecule has 2 aromatic rings. The van der Waals surface area contributed by atoms with Gasteiger partial charge < -0.3 is 24.3 Å². The Bertz CT molecular complexity index is 821. The van der Waals surface area contributed by atoms with Gasteiger partial charge >= 0.3 is 5.97 Å². The van der Waals surface area contributed by atoms with Gasteiger partial charge in [-0.2, -0.15) is 0 Å². The average Bonchev–Trinajstić information content (AvgIpc) is 2.73. The molecule has 0 aromatic heterocycles. The lowest BCUT2D eigenvalue weighted by Crippen LogP contribution is -2.28. The predicted octanol–water partition coefficient (Wildman–Crippen LogP) is 2.89. The molecule has 1 N–H and O–H groups in total. The lowest BCUT2D eigenvalue weighted by molar-refractivity contribution is -0.147. The number of hydrogen-bond acceptors (Lipinski definition) is 6. The zero-order valence-corrected chi connectivity index (χ0v) is 17.0. The maximum atomic E-state index is 12.1. The van der Waals surface area contributed by atoms with Gasteiger partial charge in [-0.05, 0) is 49.2 Å². The van der Waals surface area contributed by atoms with Gasteiger partial charge in [0.25, 0.3) is 5.91 Å². The zero-order chi connectivity index (χ0) is 21.1. The van der Waals surface area contributed by atoms with Gasteiger partial charge in [0.05, 0.1) is 26.7 Å². The summed E-state index contributed by atoms with van der Waals surface area (Å²) in [4.78, 5) is 24.0. The lowest BCUT2D eigenvalue weighted by atomic mass is 10.1. The molecule has 0 bridgehead atoms. The van der Waals surface area contributed by atoms with Crippen molar-refractivity contribution in [3.63, 3.8) is 0 Å². The molecule has 0 aliphatic heterocycles. The molecule has 2 aromatic carbocycles. The van der Waals surface area contributed by atoms with Crippen molar-refractivity contribution in [1.82, 2.24) is 5.32 Å². The Morgan fingerprint density at radius 3 is 2.41 bits per heavy atom. The Morgan fingerprint density at radius 2 is 1.69 bits per heavy atom. The highest BCUT2D eigenvalue weighted by Crippen LogP contribution is 2.28. The summed E-state index contributed by atoms with van der Waals surface area (Å²) >= 11 is 0. The van der Waals surface area contributed by atoms with Crippen LogP contribution in [0.3, 0.4) is 0 Å². The molecule has 156 valence electrons. The second-order valence-corrected chi connectivity index (χ2v) is 6.11. The van der Waals surface area contributed by atoms with E-state index in [1.807, 2.05) is 38.1 Å². The lowest BCUT2D eigenvalue weighted by Gasteiger charge is -2.12. The van der Waals surface area contributed by atoms with Crippen LogP contribution in [0.1, 0.15) is 25.0 Å². The van der Waals surface area contributed by atoms with Crippen LogP contribution < -0.4 is 19.5 Å². The number of hydrogen-bond donors (Lipinski definition) is 1. The van der Waals surface area contributed by atoms with Crippen LogP contribution >= 0.6 is 0 Å². The van der Waals surface area contributed by atoms with E-state index < -0.39 is 5.97 Å². The standard InChI is InChI=1S/C22H27NO6/c1-4-27-19-10-9-16(12-20(19)28-5-2)13-22(25)29-15-21(24)23-14-17-7-6-8-18(11-17)26-3/h6-12H,4-5,13-15H2,1-3H3,(H,23,24). The van der Waals surface area contributed by atoms with Crippen LogP contribution in [-0.2, 0) is 27.3 Å². The van der Waals surface area contributed by atoms with Crippen LogP contribution in [-0.4, -0.2) is 38.8 Å². The van der Waals surface area contributed by atoms with Gasteiger partial charge in [-0.1, -0.05) is 18.2 Å². The van der Waals surface area contributed by atoms with Gasteiger partial charge in [0.2, 0.25) is 0 Å². The number of methoxy groups -OCH3 is 1. The fourth-order valence-corrected chi connectivity index (χ4v) is 2.60. The second kappa shape index (κ2) is 11.6. The van der Waals surface area contributed by atoms with Crippen LogP contribution in [0.4, 0.5) is 0 Å². The first-order chi connectivity index (χ1) is 14.0. The Kier molecular flexibility index (Phi) is 8.82. The summed E-state index contributed by atoms with van der Waals surface area (Å²) in [5, 5.41) is 2.71. The molecule has 7 nitrogen and oxygen atoms in total. The molecular weight excluding hydrogens is 374 g/mol. The van der Waals surface area contributed by atoms with Crippen molar-refractivity contribution in [3.8, 4) is 17.2 Å². The quantitative estimate of drug-likeness (QED) is 0.583. The Labute approximate surface area is 170 Å². The summed E-state index contributed by atoms with van der Waals surface area (Å²) in [6, 6.07) is 12.7. The highest BCUT2D eigenvalue weighted by molar-refractivity contribution is 5.81. The third-order valence-electron chi connectivity index (χ3n) is 3.94. The molecule has 0 radical (unpaired) electrons. The van der Waals surface area contributed by atoms with Crippen molar-refractivity contribution in [2.24, 2.45) is 0 Å². The van der Waals surface area contributed by atoms with Crippen molar-refractivity contribution in [2.75, 3.05) is 26.9 Å². The zero-order valence-electron chi connectivity index (χ0n) is 17.0. The topological polar surface area (TPSA) is 83.1 Å². The number of carbonyl (C=O) groups excluding carboxylic acids is 2. The maximum absolute atomic E-state index is 12.1. The van der Waals surface area contributed by atoms with E-state index >= 15 is 0 Å². The van der Waals surface area contributed by atoms with E-state index in [-0.39, 0.29) is 18.9 Å². The molecule has 0 fully saturated rings. The molecule has 0 saturated carbocycles. The van der Waals surface area contributed by atoms with E-state index in [9.17, 15) is 9.59 Å². The maximum Gasteiger partial charge on any atom is 0.310 e. The molecule has 0 saturated heterocycles. The fourth-order valence-electron chi connectivity index (χ4n) is 2.60. The molecule has 0 atom stereocenters. The largest absolute Gasteiger partial charge is 0.497 e. The molecule has 29 heavy (non-hydrogen) atoms. The SMILES string of the molecule is CCOc1ccc(CC(=O)OCC(=O)NCc2cccc(OC)c2)cc1OCC. The number of ether oxygens (including phenoxy) is 4. The molecule has 7 heteroatoms. The van der Waals surface area contributed by atoms with Gasteiger partial charge in [0.1, 0.15) is 5.75 Å². The van der Waals surface area contributed by atoms with E-state index in [4.69, 9.17) is 18.9 Å². The molecule has 0 heterocycles. The van der Waals surface area contributed by atoms with E-state index in [1.165, 1.54) is 0 Å². The average molecular weight is 401 g/mol. The first kappa shape index (κ1) is 22.1. The summed E-state index contributed by atoms with van der Waals surface area (Å²) in [7, 11) is 1.58. The molecular formula is C22H27NO6. The fraction of sp³-hybridized carbons (Fsp3) is 0.364. The Hall–Kier alpha value is -3.22. The number of amides is 1. The molecule has 0 aliphatic carbocycles. The molecule has 2 rings (SSSR count). The summed E-state index contributed by atoms with van der Waals surface area (Å²) in [5.74, 6) is 1.06. The predicted molar refractivity (Wildman–Crippen MR) is 108 cm³/mol. The molecule has 0 aliphatic rings. The van der Waals surface area contributed by atoms with Crippen LogP contribution in [0, 0.1) is 0 Å². The second-order valence-electron chi connectivity index (χ2n) is 6.11. The van der Waals surface area contributed by atoms with Crippen LogP contribution in [0.5, 0.6) is 17.2 Å². The van der Waals surface area contributed by atoms with Crippen LogP contribution in [0.25, 0.3) is 0 Å². The minimum Gasteiger partial charge on any atom is -0.497 e. The summed E-state index contributed by atoms with van der Waals surface area (Å²) < 4.78 is 21.3. The highest BCUT2D eigenvalue weighted by atomic mass is 16.5. The number of benzene rings is 2.